The number of nitrogens with one attached hydrogen (secondary N) is 3. The maximum Gasteiger partial charge on any atom is 0.436 e. The summed E-state index contributed by atoms with van der Waals surface area (Å²) >= 11 is 0. The van der Waals surface area contributed by atoms with Gasteiger partial charge >= 0.3 is 12.2 Å². The highest BCUT2D eigenvalue weighted by Gasteiger charge is 2.14. The Morgan fingerprint density at radius 1 is 0.806 bits per heavy atom. The van der Waals surface area contributed by atoms with Crippen molar-refractivity contribution in [2.45, 2.75) is 0 Å². The van der Waals surface area contributed by atoms with E-state index in [1.807, 2.05) is 12.1 Å². The fourth-order valence-corrected chi connectivity index (χ4v) is 2.76. The number of anilines is 2. The lowest BCUT2D eigenvalue weighted by molar-refractivity contribution is -0.118. The third-order valence-electron chi connectivity index (χ3n) is 4.39. The summed E-state index contributed by atoms with van der Waals surface area (Å²) in [6.07, 6.45) is -1.80. The number of alkyl carbamates (subject to hydrolysis) is 1. The van der Waals surface area contributed by atoms with Crippen LogP contribution in [0.1, 0.15) is 0 Å². The van der Waals surface area contributed by atoms with Crippen LogP contribution in [0.2, 0.25) is 0 Å². The van der Waals surface area contributed by atoms with Crippen molar-refractivity contribution in [1.29, 1.82) is 0 Å². The summed E-state index contributed by atoms with van der Waals surface area (Å²) in [5, 5.41) is 7.81. The molecular weight excluding hydrogens is 468 g/mol. The van der Waals surface area contributed by atoms with E-state index in [1.54, 1.807) is 66.7 Å². The normalized spacial score (nSPS) is 10.6. The van der Waals surface area contributed by atoms with Crippen molar-refractivity contribution in [3.05, 3.63) is 78.9 Å². The monoisotopic (exact) mass is 492 g/mol. The third kappa shape index (κ3) is 8.06. The SMILES string of the molecule is COC(=O)N=C(NC(=O)OC)Nc1ccc(NC(=O)COc2ccccc2)c(Oc2ccccc2)c1. The molecule has 0 saturated carbocycles. The Morgan fingerprint density at radius 3 is 2.11 bits per heavy atom. The van der Waals surface area contributed by atoms with Crippen LogP contribution in [0.5, 0.6) is 17.2 Å². The number of guanidine groups is 1. The number of carbonyl (C=O) groups excluding carboxylic acids is 3. The highest BCUT2D eigenvalue weighted by Crippen LogP contribution is 2.32. The number of para-hydroxylation sites is 2. The highest BCUT2D eigenvalue weighted by molar-refractivity contribution is 6.06. The predicted molar refractivity (Wildman–Crippen MR) is 133 cm³/mol. The van der Waals surface area contributed by atoms with Crippen LogP contribution >= 0.6 is 0 Å². The standard InChI is InChI=1S/C25H24N4O7/c1-33-24(31)28-23(29-25(32)34-2)26-17-13-14-20(21(15-17)36-19-11-7-4-8-12-19)27-22(30)16-35-18-9-5-3-6-10-18/h3-15H,16H2,1-2H3,(H,27,30)(H2,26,28,29,31,32). The van der Waals surface area contributed by atoms with Crippen LogP contribution in [-0.2, 0) is 14.3 Å². The minimum Gasteiger partial charge on any atom is -0.484 e. The van der Waals surface area contributed by atoms with Gasteiger partial charge in [-0.05, 0) is 36.4 Å². The van der Waals surface area contributed by atoms with Gasteiger partial charge in [0.15, 0.2) is 12.4 Å². The molecule has 186 valence electrons. The Balaban J connectivity index is 1.82. The number of methoxy groups -OCH3 is 2. The number of amides is 3. The van der Waals surface area contributed by atoms with Crippen molar-refractivity contribution < 1.29 is 33.3 Å². The average molecular weight is 492 g/mol. The highest BCUT2D eigenvalue weighted by atomic mass is 16.5. The van der Waals surface area contributed by atoms with E-state index in [4.69, 9.17) is 9.47 Å². The lowest BCUT2D eigenvalue weighted by Crippen LogP contribution is -2.36. The first-order valence-corrected chi connectivity index (χ1v) is 10.6. The summed E-state index contributed by atoms with van der Waals surface area (Å²) < 4.78 is 20.5. The second kappa shape index (κ2) is 13.0. The van der Waals surface area contributed by atoms with E-state index >= 15 is 0 Å². The molecule has 3 amide bonds. The van der Waals surface area contributed by atoms with Gasteiger partial charge in [-0.3, -0.25) is 10.1 Å². The lowest BCUT2D eigenvalue weighted by Gasteiger charge is -2.16. The van der Waals surface area contributed by atoms with Crippen LogP contribution in [-0.4, -0.2) is 44.9 Å². The molecule has 3 rings (SSSR count). The first-order valence-electron chi connectivity index (χ1n) is 10.6. The van der Waals surface area contributed by atoms with Gasteiger partial charge in [0, 0.05) is 11.8 Å². The molecule has 0 atom stereocenters. The maximum absolute atomic E-state index is 12.5. The molecule has 0 bridgehead atoms. The van der Waals surface area contributed by atoms with Gasteiger partial charge in [-0.25, -0.2) is 9.59 Å². The number of hydrogen-bond acceptors (Lipinski definition) is 7. The summed E-state index contributed by atoms with van der Waals surface area (Å²) in [7, 11) is 2.31. The molecule has 0 fully saturated rings. The number of ether oxygens (including phenoxy) is 4. The number of carbonyl (C=O) groups is 3. The van der Waals surface area contributed by atoms with Crippen LogP contribution in [0.25, 0.3) is 0 Å². The molecule has 0 saturated heterocycles. The molecule has 36 heavy (non-hydrogen) atoms. The van der Waals surface area contributed by atoms with Gasteiger partial charge in [0.2, 0.25) is 5.96 Å². The van der Waals surface area contributed by atoms with Gasteiger partial charge in [0.05, 0.1) is 19.9 Å². The van der Waals surface area contributed by atoms with Gasteiger partial charge in [-0.1, -0.05) is 36.4 Å². The van der Waals surface area contributed by atoms with E-state index in [1.165, 1.54) is 0 Å². The Morgan fingerprint density at radius 2 is 1.47 bits per heavy atom. The van der Waals surface area contributed by atoms with Crippen LogP contribution in [0, 0.1) is 0 Å². The molecule has 3 N–H and O–H groups in total. The van der Waals surface area contributed by atoms with Crippen LogP contribution in [0.15, 0.2) is 83.9 Å². The van der Waals surface area contributed by atoms with Crippen LogP contribution in [0.4, 0.5) is 21.0 Å². The molecule has 3 aromatic carbocycles. The molecule has 0 aliphatic rings. The van der Waals surface area contributed by atoms with Crippen molar-refractivity contribution in [3.8, 4) is 17.2 Å². The van der Waals surface area contributed by atoms with E-state index in [0.717, 1.165) is 14.2 Å². The zero-order valence-corrected chi connectivity index (χ0v) is 19.5. The van der Waals surface area contributed by atoms with Crippen molar-refractivity contribution >= 4 is 35.4 Å². The number of nitrogens with zero attached hydrogens (tertiary/aromatic N) is 1. The number of aliphatic imine (C=N–C) groups is 1. The van der Waals surface area contributed by atoms with E-state index in [0.29, 0.717) is 22.9 Å². The third-order valence-corrected chi connectivity index (χ3v) is 4.39. The minimum absolute atomic E-state index is 0.215. The Kier molecular flexibility index (Phi) is 9.22. The lowest BCUT2D eigenvalue weighted by atomic mass is 10.2. The summed E-state index contributed by atoms with van der Waals surface area (Å²) in [6.45, 7) is -0.215. The van der Waals surface area contributed by atoms with Gasteiger partial charge in [0.25, 0.3) is 5.91 Å². The molecule has 11 heteroatoms. The Hall–Kier alpha value is -5.06. The molecule has 0 heterocycles. The molecule has 0 radical (unpaired) electrons. The molecule has 0 aliphatic heterocycles. The van der Waals surface area contributed by atoms with Gasteiger partial charge in [-0.2, -0.15) is 0 Å². The minimum atomic E-state index is -0.947. The summed E-state index contributed by atoms with van der Waals surface area (Å²) in [5.41, 5.74) is 0.733. The van der Waals surface area contributed by atoms with Crippen LogP contribution < -0.4 is 25.4 Å². The number of benzene rings is 3. The molecule has 0 unspecified atom stereocenters. The first kappa shape index (κ1) is 25.6. The zero-order chi connectivity index (χ0) is 25.8. The quantitative estimate of drug-likeness (QED) is 0.326. The van der Waals surface area contributed by atoms with E-state index in [9.17, 15) is 14.4 Å². The molecule has 0 spiro atoms. The number of rotatable bonds is 7. The topological polar surface area (TPSA) is 137 Å². The first-order chi connectivity index (χ1) is 17.5. The van der Waals surface area contributed by atoms with Crippen molar-refractivity contribution in [2.24, 2.45) is 4.99 Å². The van der Waals surface area contributed by atoms with Gasteiger partial charge in [0.1, 0.15) is 11.5 Å². The fourth-order valence-electron chi connectivity index (χ4n) is 2.76. The van der Waals surface area contributed by atoms with Gasteiger partial charge < -0.3 is 29.6 Å². The summed E-state index contributed by atoms with van der Waals surface area (Å²) in [6, 6.07) is 22.6. The van der Waals surface area contributed by atoms with E-state index in [2.05, 4.69) is 30.4 Å². The average Bonchev–Trinajstić information content (AvgIpc) is 2.90. The summed E-state index contributed by atoms with van der Waals surface area (Å²) in [5.74, 6) is 0.699. The fraction of sp³-hybridized carbons (Fsp3) is 0.120. The molecule has 0 aliphatic carbocycles. The Bertz CT molecular complexity index is 1220. The smallest absolute Gasteiger partial charge is 0.436 e. The summed E-state index contributed by atoms with van der Waals surface area (Å²) in [4.78, 5) is 39.4. The number of hydrogen-bond donors (Lipinski definition) is 3. The van der Waals surface area contributed by atoms with E-state index in [-0.39, 0.29) is 18.3 Å². The van der Waals surface area contributed by atoms with Crippen LogP contribution in [0.3, 0.4) is 0 Å². The van der Waals surface area contributed by atoms with E-state index < -0.39 is 18.1 Å². The Labute approximate surface area is 207 Å². The van der Waals surface area contributed by atoms with Crippen molar-refractivity contribution in [3.63, 3.8) is 0 Å². The molecular formula is C25H24N4O7. The predicted octanol–water partition coefficient (Wildman–Crippen LogP) is 4.39. The second-order valence-electron chi connectivity index (χ2n) is 6.95. The largest absolute Gasteiger partial charge is 0.484 e. The van der Waals surface area contributed by atoms with Crippen molar-refractivity contribution in [2.75, 3.05) is 31.5 Å². The van der Waals surface area contributed by atoms with Gasteiger partial charge in [-0.15, -0.1) is 4.99 Å². The molecule has 0 aromatic heterocycles. The second-order valence-corrected chi connectivity index (χ2v) is 6.95. The molecule has 3 aromatic rings. The maximum atomic E-state index is 12.5. The zero-order valence-electron chi connectivity index (χ0n) is 19.5. The van der Waals surface area contributed by atoms with Crippen molar-refractivity contribution in [1.82, 2.24) is 5.32 Å². The molecule has 11 nitrogen and oxygen atoms in total.